The molecule has 0 bridgehead atoms. The van der Waals surface area contributed by atoms with E-state index < -0.39 is 29.5 Å². The molecule has 1 aliphatic rings. The van der Waals surface area contributed by atoms with Crippen LogP contribution in [0.25, 0.3) is 0 Å². The molecule has 2 atom stereocenters. The molecule has 0 saturated carbocycles. The first-order valence-corrected chi connectivity index (χ1v) is 8.00. The average Bonchev–Trinajstić information content (AvgIpc) is 2.85. The first-order valence-electron chi connectivity index (χ1n) is 7.24. The molecule has 1 aromatic rings. The van der Waals surface area contributed by atoms with Crippen molar-refractivity contribution < 1.29 is 19.4 Å². The van der Waals surface area contributed by atoms with Crippen LogP contribution in [0.4, 0.5) is 4.79 Å². The van der Waals surface area contributed by atoms with Crippen molar-refractivity contribution in [2.45, 2.75) is 32.3 Å². The Morgan fingerprint density at radius 1 is 1.26 bits per heavy atom. The number of ether oxygens (including phenoxy) is 1. The second-order valence-electron chi connectivity index (χ2n) is 6.60. The number of halogens is 2. The van der Waals surface area contributed by atoms with Crippen molar-refractivity contribution in [1.82, 2.24) is 4.90 Å². The summed E-state index contributed by atoms with van der Waals surface area (Å²) in [6.07, 6.45) is -0.524. The van der Waals surface area contributed by atoms with Crippen LogP contribution in [0.5, 0.6) is 0 Å². The van der Waals surface area contributed by atoms with Gasteiger partial charge < -0.3 is 14.7 Å². The zero-order chi connectivity index (χ0) is 17.4. The Hall–Kier alpha value is -1.46. The summed E-state index contributed by atoms with van der Waals surface area (Å²) in [7, 11) is 0. The lowest BCUT2D eigenvalue weighted by atomic mass is 9.89. The number of benzene rings is 1. The van der Waals surface area contributed by atoms with Gasteiger partial charge in [-0.1, -0.05) is 23.2 Å². The average molecular weight is 360 g/mol. The molecule has 1 fully saturated rings. The Morgan fingerprint density at radius 3 is 2.48 bits per heavy atom. The summed E-state index contributed by atoms with van der Waals surface area (Å²) in [5.41, 5.74) is -0.000621. The number of hydrogen-bond acceptors (Lipinski definition) is 3. The maximum atomic E-state index is 12.2. The summed E-state index contributed by atoms with van der Waals surface area (Å²) >= 11 is 12.2. The molecule has 0 radical (unpaired) electrons. The van der Waals surface area contributed by atoms with Gasteiger partial charge in [0.05, 0.1) is 5.92 Å². The number of likely N-dealkylation sites (tertiary alicyclic amines) is 1. The van der Waals surface area contributed by atoms with Crippen molar-refractivity contribution in [3.8, 4) is 0 Å². The lowest BCUT2D eigenvalue weighted by molar-refractivity contribution is -0.141. The van der Waals surface area contributed by atoms with Gasteiger partial charge in [-0.05, 0) is 44.5 Å². The van der Waals surface area contributed by atoms with Crippen LogP contribution in [0, 0.1) is 5.92 Å². The summed E-state index contributed by atoms with van der Waals surface area (Å²) in [4.78, 5) is 25.2. The molecule has 1 heterocycles. The normalized spacial score (nSPS) is 21.3. The van der Waals surface area contributed by atoms with E-state index >= 15 is 0 Å². The molecule has 126 valence electrons. The molecular formula is C16H19Cl2NO4. The number of amides is 1. The van der Waals surface area contributed by atoms with Crippen molar-refractivity contribution in [3.63, 3.8) is 0 Å². The smallest absolute Gasteiger partial charge is 0.410 e. The molecule has 0 aliphatic carbocycles. The van der Waals surface area contributed by atoms with Gasteiger partial charge in [-0.2, -0.15) is 0 Å². The highest BCUT2D eigenvalue weighted by Crippen LogP contribution is 2.38. The zero-order valence-corrected chi connectivity index (χ0v) is 14.7. The van der Waals surface area contributed by atoms with Crippen LogP contribution in [0.15, 0.2) is 18.2 Å². The van der Waals surface area contributed by atoms with Gasteiger partial charge in [0.1, 0.15) is 5.60 Å². The summed E-state index contributed by atoms with van der Waals surface area (Å²) in [6.45, 7) is 5.60. The van der Waals surface area contributed by atoms with Crippen LogP contribution >= 0.6 is 23.2 Å². The molecule has 1 N–H and O–H groups in total. The van der Waals surface area contributed by atoms with E-state index in [9.17, 15) is 14.7 Å². The van der Waals surface area contributed by atoms with E-state index in [1.165, 1.54) is 4.90 Å². The largest absolute Gasteiger partial charge is 0.481 e. The minimum absolute atomic E-state index is 0.0811. The summed E-state index contributed by atoms with van der Waals surface area (Å²) < 4.78 is 5.32. The second kappa shape index (κ2) is 6.57. The Balaban J connectivity index is 2.27. The predicted molar refractivity (Wildman–Crippen MR) is 88.1 cm³/mol. The van der Waals surface area contributed by atoms with Gasteiger partial charge in [0.2, 0.25) is 0 Å². The third-order valence-electron chi connectivity index (χ3n) is 3.65. The monoisotopic (exact) mass is 359 g/mol. The first kappa shape index (κ1) is 17.9. The molecule has 1 aromatic carbocycles. The Bertz CT molecular complexity index is 627. The third-order valence-corrected chi connectivity index (χ3v) is 4.23. The van der Waals surface area contributed by atoms with Gasteiger partial charge >= 0.3 is 12.1 Å². The minimum Gasteiger partial charge on any atom is -0.481 e. The molecule has 1 saturated heterocycles. The summed E-state index contributed by atoms with van der Waals surface area (Å²) in [6, 6.07) is 4.93. The zero-order valence-electron chi connectivity index (χ0n) is 13.2. The lowest BCUT2D eigenvalue weighted by Crippen LogP contribution is -2.35. The van der Waals surface area contributed by atoms with E-state index in [4.69, 9.17) is 27.9 Å². The Kier molecular flexibility index (Phi) is 5.11. The number of aliphatic carboxylic acids is 1. The highest BCUT2D eigenvalue weighted by atomic mass is 35.5. The van der Waals surface area contributed by atoms with Crippen LogP contribution in [0.1, 0.15) is 32.3 Å². The Morgan fingerprint density at radius 2 is 1.91 bits per heavy atom. The van der Waals surface area contributed by atoms with Crippen LogP contribution in [-0.4, -0.2) is 40.8 Å². The Labute approximate surface area is 145 Å². The fourth-order valence-electron chi connectivity index (χ4n) is 2.64. The molecule has 5 nitrogen and oxygen atoms in total. The maximum absolute atomic E-state index is 12.2. The predicted octanol–water partition coefficient (Wildman–Crippen LogP) is 4.03. The van der Waals surface area contributed by atoms with Gasteiger partial charge in [-0.15, -0.1) is 0 Å². The first-order chi connectivity index (χ1) is 10.6. The molecule has 23 heavy (non-hydrogen) atoms. The fraction of sp³-hybridized carbons (Fsp3) is 0.500. The van der Waals surface area contributed by atoms with Crippen LogP contribution < -0.4 is 0 Å². The van der Waals surface area contributed by atoms with Crippen molar-refractivity contribution >= 4 is 35.3 Å². The maximum Gasteiger partial charge on any atom is 0.410 e. The molecule has 0 aromatic heterocycles. The molecule has 0 unspecified atom stereocenters. The van der Waals surface area contributed by atoms with Crippen LogP contribution in [-0.2, 0) is 9.53 Å². The van der Waals surface area contributed by atoms with Gasteiger partial charge in [0.25, 0.3) is 0 Å². The van der Waals surface area contributed by atoms with Crippen LogP contribution in [0.2, 0.25) is 10.0 Å². The number of carbonyl (C=O) groups is 2. The number of carbonyl (C=O) groups excluding carboxylic acids is 1. The molecule has 2 rings (SSSR count). The second-order valence-corrected chi connectivity index (χ2v) is 7.45. The molecule has 0 spiro atoms. The number of carboxylic acid groups (broad SMARTS) is 1. The van der Waals surface area contributed by atoms with Gasteiger partial charge in [-0.25, -0.2) is 4.79 Å². The van der Waals surface area contributed by atoms with E-state index in [1.54, 1.807) is 39.0 Å². The topological polar surface area (TPSA) is 66.8 Å². The lowest BCUT2D eigenvalue weighted by Gasteiger charge is -2.24. The molecule has 1 amide bonds. The van der Waals surface area contributed by atoms with E-state index in [1.807, 2.05) is 0 Å². The number of hydrogen-bond donors (Lipinski definition) is 1. The molecule has 7 heteroatoms. The summed E-state index contributed by atoms with van der Waals surface area (Å²) in [5.74, 6) is -2.15. The highest BCUT2D eigenvalue weighted by molar-refractivity contribution is 6.33. The minimum atomic E-state index is -0.975. The quantitative estimate of drug-likeness (QED) is 0.865. The van der Waals surface area contributed by atoms with Gasteiger partial charge in [-0.3, -0.25) is 4.79 Å². The highest BCUT2D eigenvalue weighted by Gasteiger charge is 2.42. The van der Waals surface area contributed by atoms with Crippen molar-refractivity contribution in [3.05, 3.63) is 33.8 Å². The number of rotatable bonds is 2. The van der Waals surface area contributed by atoms with E-state index in [-0.39, 0.29) is 13.1 Å². The van der Waals surface area contributed by atoms with Crippen molar-refractivity contribution in [1.29, 1.82) is 0 Å². The SMILES string of the molecule is CC(C)(C)OC(=O)N1C[C@@H](C(=O)O)[C@H](c2cc(Cl)ccc2Cl)C1. The number of nitrogens with zero attached hydrogens (tertiary/aromatic N) is 1. The molecular weight excluding hydrogens is 341 g/mol. The van der Waals surface area contributed by atoms with Crippen LogP contribution in [0.3, 0.4) is 0 Å². The van der Waals surface area contributed by atoms with Crippen molar-refractivity contribution in [2.24, 2.45) is 5.92 Å². The summed E-state index contributed by atoms with van der Waals surface area (Å²) in [5, 5.41) is 10.4. The number of carboxylic acids is 1. The van der Waals surface area contributed by atoms with E-state index in [2.05, 4.69) is 0 Å². The standard InChI is InChI=1S/C16H19Cl2NO4/c1-16(2,3)23-15(22)19-7-11(12(8-19)14(20)21)10-6-9(17)4-5-13(10)18/h4-6,11-12H,7-8H2,1-3H3,(H,20,21)/t11-,12+/m0/s1. The third kappa shape index (κ3) is 4.30. The van der Waals surface area contributed by atoms with Gasteiger partial charge in [0, 0.05) is 29.1 Å². The van der Waals surface area contributed by atoms with Gasteiger partial charge in [0.15, 0.2) is 0 Å². The van der Waals surface area contributed by atoms with Crippen molar-refractivity contribution in [2.75, 3.05) is 13.1 Å². The fourth-order valence-corrected chi connectivity index (χ4v) is 3.08. The molecule has 1 aliphatic heterocycles. The van der Waals surface area contributed by atoms with E-state index in [0.717, 1.165) is 0 Å². The van der Waals surface area contributed by atoms with E-state index in [0.29, 0.717) is 15.6 Å².